The lowest BCUT2D eigenvalue weighted by atomic mass is 10.0. The molecule has 1 heterocycles. The van der Waals surface area contributed by atoms with Crippen molar-refractivity contribution in [2.45, 2.75) is 57.0 Å². The minimum absolute atomic E-state index is 0.0117. The molecule has 3 aromatic carbocycles. The van der Waals surface area contributed by atoms with E-state index in [-0.39, 0.29) is 25.5 Å². The number of likely N-dealkylation sites (tertiary alicyclic amines) is 1. The highest BCUT2D eigenvalue weighted by Crippen LogP contribution is 2.29. The lowest BCUT2D eigenvalue weighted by Gasteiger charge is -2.28. The first-order chi connectivity index (χ1) is 19.2. The van der Waals surface area contributed by atoms with Gasteiger partial charge in [0.05, 0.1) is 0 Å². The minimum Gasteiger partial charge on any atom is -0.489 e. The van der Waals surface area contributed by atoms with Crippen molar-refractivity contribution in [3.05, 3.63) is 99.5 Å². The van der Waals surface area contributed by atoms with Crippen LogP contribution in [0.2, 0.25) is 10.0 Å². The molecular weight excluding hydrogens is 555 g/mol. The van der Waals surface area contributed by atoms with Gasteiger partial charge < -0.3 is 20.3 Å². The number of rotatable bonds is 12. The molecule has 0 saturated carbocycles. The zero-order valence-electron chi connectivity index (χ0n) is 21.6. The maximum Gasteiger partial charge on any atom is 0.326 e. The number of carbonyl (C=O) groups is 3. The standard InChI is InChI=1S/C30H30Cl2N2O6/c31-24-7-4-8-25(32)23(24)18-40-22-12-9-19(10-13-22)15-26(29(36)37)33-28(35)16-21-11-14-27(30(38)39)34(21)17-20-5-2-1-3-6-20/h1-10,12-13,21,26-27H,11,14-18H2,(H,33,35)(H,36,37)(H,38,39)/t21-,26+,27-/m1/s1. The molecule has 3 N–H and O–H groups in total. The first-order valence-electron chi connectivity index (χ1n) is 12.9. The van der Waals surface area contributed by atoms with Gasteiger partial charge in [0.1, 0.15) is 24.4 Å². The molecule has 0 aliphatic carbocycles. The summed E-state index contributed by atoms with van der Waals surface area (Å²) in [6.45, 7) is 0.575. The summed E-state index contributed by atoms with van der Waals surface area (Å²) >= 11 is 12.4. The van der Waals surface area contributed by atoms with Crippen molar-refractivity contribution in [1.29, 1.82) is 0 Å². The number of benzene rings is 3. The predicted octanol–water partition coefficient (Wildman–Crippen LogP) is 5.19. The van der Waals surface area contributed by atoms with Gasteiger partial charge in [-0.1, -0.05) is 71.7 Å². The summed E-state index contributed by atoms with van der Waals surface area (Å²) in [5.74, 6) is -1.95. The van der Waals surface area contributed by atoms with Crippen molar-refractivity contribution < 1.29 is 29.3 Å². The monoisotopic (exact) mass is 584 g/mol. The van der Waals surface area contributed by atoms with Gasteiger partial charge in [0, 0.05) is 41.0 Å². The van der Waals surface area contributed by atoms with Gasteiger partial charge >= 0.3 is 11.9 Å². The second-order valence-corrected chi connectivity index (χ2v) is 10.6. The van der Waals surface area contributed by atoms with E-state index in [2.05, 4.69) is 5.32 Å². The van der Waals surface area contributed by atoms with Gasteiger partial charge in [-0.3, -0.25) is 14.5 Å². The van der Waals surface area contributed by atoms with E-state index >= 15 is 0 Å². The maximum absolute atomic E-state index is 12.9. The largest absolute Gasteiger partial charge is 0.489 e. The number of halogens is 2. The van der Waals surface area contributed by atoms with Gasteiger partial charge in [-0.15, -0.1) is 0 Å². The van der Waals surface area contributed by atoms with Crippen LogP contribution in [-0.2, 0) is 34.0 Å². The van der Waals surface area contributed by atoms with Crippen molar-refractivity contribution in [2.24, 2.45) is 0 Å². The van der Waals surface area contributed by atoms with Crippen LogP contribution in [0.1, 0.15) is 36.0 Å². The Balaban J connectivity index is 1.34. The second-order valence-electron chi connectivity index (χ2n) is 9.74. The topological polar surface area (TPSA) is 116 Å². The normalized spacial score (nSPS) is 17.8. The van der Waals surface area contributed by atoms with E-state index < -0.39 is 29.9 Å². The number of ether oxygens (including phenoxy) is 1. The first-order valence-corrected chi connectivity index (χ1v) is 13.7. The molecule has 0 aromatic heterocycles. The molecule has 1 amide bonds. The van der Waals surface area contributed by atoms with Gasteiger partial charge in [-0.2, -0.15) is 0 Å². The highest BCUT2D eigenvalue weighted by molar-refractivity contribution is 6.35. The molecule has 3 aromatic rings. The molecule has 1 fully saturated rings. The Labute approximate surface area is 242 Å². The fraction of sp³-hybridized carbons (Fsp3) is 0.300. The average Bonchev–Trinajstić information content (AvgIpc) is 3.31. The number of aliphatic carboxylic acids is 2. The molecule has 40 heavy (non-hydrogen) atoms. The molecule has 10 heteroatoms. The highest BCUT2D eigenvalue weighted by atomic mass is 35.5. The highest BCUT2D eigenvalue weighted by Gasteiger charge is 2.39. The molecule has 1 aliphatic rings. The van der Waals surface area contributed by atoms with Crippen molar-refractivity contribution >= 4 is 41.0 Å². The van der Waals surface area contributed by atoms with Crippen LogP contribution in [0.3, 0.4) is 0 Å². The molecule has 0 unspecified atom stereocenters. The summed E-state index contributed by atoms with van der Waals surface area (Å²) in [7, 11) is 0. The van der Waals surface area contributed by atoms with E-state index in [0.29, 0.717) is 46.3 Å². The van der Waals surface area contributed by atoms with E-state index in [4.69, 9.17) is 27.9 Å². The number of hydrogen-bond donors (Lipinski definition) is 3. The third-order valence-corrected chi connectivity index (χ3v) is 7.71. The molecule has 0 radical (unpaired) electrons. The average molecular weight is 585 g/mol. The summed E-state index contributed by atoms with van der Waals surface area (Å²) in [4.78, 5) is 38.5. The number of amides is 1. The van der Waals surface area contributed by atoms with E-state index in [1.165, 1.54) is 0 Å². The fourth-order valence-electron chi connectivity index (χ4n) is 4.91. The van der Waals surface area contributed by atoms with Gasteiger partial charge in [-0.05, 0) is 48.2 Å². The minimum atomic E-state index is -1.15. The number of nitrogens with zero attached hydrogens (tertiary/aromatic N) is 1. The molecular formula is C30H30Cl2N2O6. The summed E-state index contributed by atoms with van der Waals surface area (Å²) in [6.07, 6.45) is 1.06. The van der Waals surface area contributed by atoms with Gasteiger partial charge in [-0.25, -0.2) is 4.79 Å². The molecule has 1 aliphatic heterocycles. The Hall–Kier alpha value is -3.59. The summed E-state index contributed by atoms with van der Waals surface area (Å²) < 4.78 is 5.78. The zero-order valence-corrected chi connectivity index (χ0v) is 23.1. The lowest BCUT2D eigenvalue weighted by molar-refractivity contribution is -0.143. The fourth-order valence-corrected chi connectivity index (χ4v) is 5.41. The summed E-state index contributed by atoms with van der Waals surface area (Å²) in [6, 6.07) is 19.5. The van der Waals surface area contributed by atoms with Crippen molar-refractivity contribution in [3.8, 4) is 5.75 Å². The zero-order chi connectivity index (χ0) is 28.6. The second kappa shape index (κ2) is 13.7. The summed E-state index contributed by atoms with van der Waals surface area (Å²) in [5, 5.41) is 23.1. The number of carboxylic acid groups (broad SMARTS) is 2. The van der Waals surface area contributed by atoms with Crippen LogP contribution in [0.5, 0.6) is 5.75 Å². The van der Waals surface area contributed by atoms with Crippen LogP contribution >= 0.6 is 23.2 Å². The Morgan fingerprint density at radius 1 is 0.900 bits per heavy atom. The van der Waals surface area contributed by atoms with Crippen LogP contribution in [0, 0.1) is 0 Å². The van der Waals surface area contributed by atoms with Crippen molar-refractivity contribution in [3.63, 3.8) is 0 Å². The molecule has 0 spiro atoms. The third kappa shape index (κ3) is 7.75. The SMILES string of the molecule is O=C(C[C@H]1CC[C@H](C(=O)O)N1Cc1ccccc1)N[C@@H](Cc1ccc(OCc2c(Cl)cccc2Cl)cc1)C(=O)O. The molecule has 8 nitrogen and oxygen atoms in total. The quantitative estimate of drug-likeness (QED) is 0.268. The summed E-state index contributed by atoms with van der Waals surface area (Å²) in [5.41, 5.74) is 2.32. The van der Waals surface area contributed by atoms with E-state index in [0.717, 1.165) is 5.56 Å². The number of hydrogen-bond acceptors (Lipinski definition) is 5. The molecule has 210 valence electrons. The molecule has 4 rings (SSSR count). The van der Waals surface area contributed by atoms with E-state index in [9.17, 15) is 24.6 Å². The van der Waals surface area contributed by atoms with Crippen LogP contribution in [0.4, 0.5) is 0 Å². The van der Waals surface area contributed by atoms with Crippen molar-refractivity contribution in [2.75, 3.05) is 0 Å². The number of carbonyl (C=O) groups excluding carboxylic acids is 1. The van der Waals surface area contributed by atoms with Crippen LogP contribution < -0.4 is 10.1 Å². The molecule has 3 atom stereocenters. The first kappa shape index (κ1) is 29.4. The number of carboxylic acids is 2. The molecule has 0 bridgehead atoms. The van der Waals surface area contributed by atoms with Crippen molar-refractivity contribution in [1.82, 2.24) is 10.2 Å². The Bertz CT molecular complexity index is 1320. The predicted molar refractivity (Wildman–Crippen MR) is 152 cm³/mol. The Morgan fingerprint density at radius 2 is 1.57 bits per heavy atom. The van der Waals surface area contributed by atoms with E-state index in [1.54, 1.807) is 42.5 Å². The van der Waals surface area contributed by atoms with Gasteiger partial charge in [0.15, 0.2) is 0 Å². The smallest absolute Gasteiger partial charge is 0.326 e. The van der Waals surface area contributed by atoms with E-state index in [1.807, 2.05) is 35.2 Å². The van der Waals surface area contributed by atoms with Crippen LogP contribution in [0.15, 0.2) is 72.8 Å². The lowest BCUT2D eigenvalue weighted by Crippen LogP contribution is -2.46. The Morgan fingerprint density at radius 3 is 2.20 bits per heavy atom. The Kier molecular flexibility index (Phi) is 10.0. The van der Waals surface area contributed by atoms with Gasteiger partial charge in [0.25, 0.3) is 0 Å². The maximum atomic E-state index is 12.9. The van der Waals surface area contributed by atoms with Crippen LogP contribution in [-0.4, -0.2) is 51.1 Å². The molecule has 1 saturated heterocycles. The van der Waals surface area contributed by atoms with Crippen LogP contribution in [0.25, 0.3) is 0 Å². The number of nitrogens with one attached hydrogen (secondary N) is 1. The third-order valence-electron chi connectivity index (χ3n) is 7.00. The van der Waals surface area contributed by atoms with Gasteiger partial charge in [0.2, 0.25) is 5.91 Å².